The highest BCUT2D eigenvalue weighted by atomic mass is 16.5. The zero-order chi connectivity index (χ0) is 14.0. The van der Waals surface area contributed by atoms with Gasteiger partial charge in [0, 0.05) is 20.2 Å². The van der Waals surface area contributed by atoms with Crippen molar-refractivity contribution in [3.05, 3.63) is 11.5 Å². The van der Waals surface area contributed by atoms with Gasteiger partial charge in [-0.3, -0.25) is 0 Å². The Kier molecular flexibility index (Phi) is 9.79. The van der Waals surface area contributed by atoms with Crippen LogP contribution >= 0.6 is 0 Å². The molecule has 4 heteroatoms. The molecule has 0 fully saturated rings. The molecule has 108 valence electrons. The van der Waals surface area contributed by atoms with Crippen LogP contribution in [0.3, 0.4) is 0 Å². The first-order chi connectivity index (χ1) is 8.45. The molecule has 1 N–H and O–H groups in total. The summed E-state index contributed by atoms with van der Waals surface area (Å²) in [5, 5.41) is 9.64. The van der Waals surface area contributed by atoms with Gasteiger partial charge in [0.05, 0.1) is 19.8 Å². The smallest absolute Gasteiger partial charge is 0.185 e. The van der Waals surface area contributed by atoms with Gasteiger partial charge in [-0.05, 0) is 31.8 Å². The van der Waals surface area contributed by atoms with E-state index in [-0.39, 0.29) is 0 Å². The van der Waals surface area contributed by atoms with E-state index in [0.717, 1.165) is 18.6 Å². The van der Waals surface area contributed by atoms with Crippen molar-refractivity contribution in [3.63, 3.8) is 0 Å². The molecular formula is C14H29NO3. The zero-order valence-electron chi connectivity index (χ0n) is 12.5. The van der Waals surface area contributed by atoms with Crippen LogP contribution in [0.2, 0.25) is 0 Å². The van der Waals surface area contributed by atoms with Crippen LogP contribution in [0.25, 0.3) is 0 Å². The molecule has 0 rings (SSSR count). The van der Waals surface area contributed by atoms with Gasteiger partial charge in [0.15, 0.2) is 5.88 Å². The lowest BCUT2D eigenvalue weighted by Gasteiger charge is -2.19. The maximum Gasteiger partial charge on any atom is 0.185 e. The number of hydrogen-bond donors (Lipinski definition) is 1. The number of allylic oxidation sites excluding steroid dienone is 1. The number of ether oxygens (including phenoxy) is 2. The largest absolute Gasteiger partial charge is 0.495 e. The summed E-state index contributed by atoms with van der Waals surface area (Å²) in [5.74, 6) is 1.01. The molecule has 0 heterocycles. The summed E-state index contributed by atoms with van der Waals surface area (Å²) in [6.07, 6.45) is 1.09. The molecule has 0 amide bonds. The normalized spacial score (nSPS) is 10.8. The molecule has 0 atom stereocenters. The Balaban J connectivity index is 3.38. The molecule has 0 saturated carbocycles. The predicted octanol–water partition coefficient (Wildman–Crippen LogP) is 2.81. The van der Waals surface area contributed by atoms with Crippen molar-refractivity contribution < 1.29 is 14.6 Å². The fourth-order valence-corrected chi connectivity index (χ4v) is 1.33. The summed E-state index contributed by atoms with van der Waals surface area (Å²) < 4.78 is 10.9. The van der Waals surface area contributed by atoms with Crippen molar-refractivity contribution in [1.29, 1.82) is 0 Å². The minimum absolute atomic E-state index is 0.326. The van der Waals surface area contributed by atoms with Crippen molar-refractivity contribution in [3.8, 4) is 0 Å². The van der Waals surface area contributed by atoms with Crippen LogP contribution in [0.4, 0.5) is 0 Å². The van der Waals surface area contributed by atoms with Crippen LogP contribution in [0.5, 0.6) is 0 Å². The van der Waals surface area contributed by atoms with Crippen molar-refractivity contribution in [1.82, 2.24) is 4.90 Å². The van der Waals surface area contributed by atoms with Gasteiger partial charge in [0.25, 0.3) is 0 Å². The molecule has 0 saturated heterocycles. The highest BCUT2D eigenvalue weighted by molar-refractivity contribution is 4.99. The molecule has 4 nitrogen and oxygen atoms in total. The van der Waals surface area contributed by atoms with Gasteiger partial charge in [0.2, 0.25) is 0 Å². The Labute approximate surface area is 112 Å². The summed E-state index contributed by atoms with van der Waals surface area (Å²) >= 11 is 0. The van der Waals surface area contributed by atoms with Gasteiger partial charge in [-0.15, -0.1) is 0 Å². The van der Waals surface area contributed by atoms with E-state index in [4.69, 9.17) is 9.47 Å². The van der Waals surface area contributed by atoms with Crippen molar-refractivity contribution >= 4 is 0 Å². The highest BCUT2D eigenvalue weighted by Crippen LogP contribution is 2.03. The maximum atomic E-state index is 9.64. The quantitative estimate of drug-likeness (QED) is 0.484. The van der Waals surface area contributed by atoms with Crippen LogP contribution in [-0.4, -0.2) is 50.0 Å². The molecule has 0 radical (unpaired) electrons. The van der Waals surface area contributed by atoms with Gasteiger partial charge in [0.1, 0.15) is 0 Å². The Bertz CT molecular complexity index is 235. The number of aliphatic hydroxyl groups is 1. The summed E-state index contributed by atoms with van der Waals surface area (Å²) in [4.78, 5) is 1.79. The molecule has 0 aromatic heterocycles. The third-order valence-corrected chi connectivity index (χ3v) is 2.59. The monoisotopic (exact) mass is 259 g/mol. The number of hydrogen-bond acceptors (Lipinski definition) is 4. The van der Waals surface area contributed by atoms with Crippen LogP contribution < -0.4 is 0 Å². The highest BCUT2D eigenvalue weighted by Gasteiger charge is 2.03. The van der Waals surface area contributed by atoms with Crippen LogP contribution in [0, 0.1) is 5.92 Å². The molecule has 0 aromatic rings. The van der Waals surface area contributed by atoms with Gasteiger partial charge in [-0.2, -0.15) is 0 Å². The van der Waals surface area contributed by atoms with Crippen molar-refractivity contribution in [2.45, 2.75) is 34.1 Å². The third-order valence-electron chi connectivity index (χ3n) is 2.59. The average Bonchev–Trinajstić information content (AvgIpc) is 2.30. The topological polar surface area (TPSA) is 41.9 Å². The number of aliphatic hydroxyl groups excluding tert-OH is 1. The van der Waals surface area contributed by atoms with E-state index < -0.39 is 0 Å². The molecule has 0 aromatic carbocycles. The van der Waals surface area contributed by atoms with E-state index in [9.17, 15) is 5.11 Å². The van der Waals surface area contributed by atoms with E-state index in [1.54, 1.807) is 4.90 Å². The zero-order valence-corrected chi connectivity index (χ0v) is 12.5. The van der Waals surface area contributed by atoms with Gasteiger partial charge in [-0.25, -0.2) is 0 Å². The first-order valence-corrected chi connectivity index (χ1v) is 6.68. The van der Waals surface area contributed by atoms with Crippen LogP contribution in [0.15, 0.2) is 11.5 Å². The van der Waals surface area contributed by atoms with Gasteiger partial charge >= 0.3 is 0 Å². The average molecular weight is 259 g/mol. The van der Waals surface area contributed by atoms with Gasteiger partial charge < -0.3 is 19.5 Å². The second kappa shape index (κ2) is 10.2. The SMILES string of the molecule is CC(C)=C(O)N(C)CCOCCOCCC(C)C. The molecule has 0 aliphatic carbocycles. The van der Waals surface area contributed by atoms with E-state index in [1.807, 2.05) is 20.9 Å². The molecule has 0 aliphatic heterocycles. The standard InChI is InChI=1S/C14H29NO3/c1-12(2)6-8-17-10-11-18-9-7-15(5)14(16)13(3)4/h12,16H,6-11H2,1-5H3. The van der Waals surface area contributed by atoms with Crippen LogP contribution in [0.1, 0.15) is 34.1 Å². The first-order valence-electron chi connectivity index (χ1n) is 6.68. The Morgan fingerprint density at radius 1 is 1.06 bits per heavy atom. The van der Waals surface area contributed by atoms with E-state index in [2.05, 4.69) is 13.8 Å². The first kappa shape index (κ1) is 17.3. The second-order valence-electron chi connectivity index (χ2n) is 5.15. The molecule has 0 bridgehead atoms. The lowest BCUT2D eigenvalue weighted by molar-refractivity contribution is 0.0365. The lowest BCUT2D eigenvalue weighted by Crippen LogP contribution is -2.24. The number of rotatable bonds is 10. The molecule has 0 unspecified atom stereocenters. The summed E-state index contributed by atoms with van der Waals surface area (Å²) in [6.45, 7) is 11.5. The summed E-state index contributed by atoms with van der Waals surface area (Å²) in [6, 6.07) is 0. The Hall–Kier alpha value is -0.740. The van der Waals surface area contributed by atoms with Crippen molar-refractivity contribution in [2.24, 2.45) is 5.92 Å². The number of likely N-dealkylation sites (N-methyl/N-ethyl adjacent to an activating group) is 1. The molecule has 0 spiro atoms. The lowest BCUT2D eigenvalue weighted by atomic mass is 10.1. The molecular weight excluding hydrogens is 230 g/mol. The van der Waals surface area contributed by atoms with Gasteiger partial charge in [-0.1, -0.05) is 13.8 Å². The summed E-state index contributed by atoms with van der Waals surface area (Å²) in [7, 11) is 1.85. The predicted molar refractivity (Wildman–Crippen MR) is 74.7 cm³/mol. The van der Waals surface area contributed by atoms with Crippen molar-refractivity contribution in [2.75, 3.05) is 40.0 Å². The van der Waals surface area contributed by atoms with E-state index in [1.165, 1.54) is 0 Å². The molecule has 0 aliphatic rings. The van der Waals surface area contributed by atoms with E-state index in [0.29, 0.717) is 38.2 Å². The fourth-order valence-electron chi connectivity index (χ4n) is 1.33. The summed E-state index contributed by atoms with van der Waals surface area (Å²) in [5.41, 5.74) is 0.912. The number of nitrogens with zero attached hydrogens (tertiary/aromatic N) is 1. The minimum atomic E-state index is 0.326. The Morgan fingerprint density at radius 2 is 1.61 bits per heavy atom. The van der Waals surface area contributed by atoms with Crippen LogP contribution in [-0.2, 0) is 9.47 Å². The van der Waals surface area contributed by atoms with E-state index >= 15 is 0 Å². The molecule has 18 heavy (non-hydrogen) atoms. The fraction of sp³-hybridized carbons (Fsp3) is 0.857. The maximum absolute atomic E-state index is 9.64. The second-order valence-corrected chi connectivity index (χ2v) is 5.15. The Morgan fingerprint density at radius 3 is 2.11 bits per heavy atom. The third kappa shape index (κ3) is 9.31. The minimum Gasteiger partial charge on any atom is -0.495 e.